The number of para-hydroxylation sites is 4. The average molecular weight is 625 g/mol. The molecule has 0 saturated heterocycles. The van der Waals surface area contributed by atoms with Gasteiger partial charge >= 0.3 is 0 Å². The molecule has 4 aromatic carbocycles. The summed E-state index contributed by atoms with van der Waals surface area (Å²) in [7, 11) is 0. The fourth-order valence-electron chi connectivity index (χ4n) is 6.11. The van der Waals surface area contributed by atoms with E-state index in [1.807, 2.05) is 0 Å². The number of hydrogen-bond donors (Lipinski definition) is 2. The Morgan fingerprint density at radius 3 is 0.870 bits per heavy atom. The van der Waals surface area contributed by atoms with Crippen molar-refractivity contribution >= 4 is 0 Å². The first-order valence-corrected chi connectivity index (χ1v) is 16.8. The number of hydrogen-bond acceptors (Lipinski definition) is 6. The van der Waals surface area contributed by atoms with Gasteiger partial charge in [0, 0.05) is 51.7 Å². The molecular weight excluding hydrogens is 576 g/mol. The Kier molecular flexibility index (Phi) is 12.4. The molecule has 0 radical (unpaired) electrons. The van der Waals surface area contributed by atoms with Gasteiger partial charge in [0.15, 0.2) is 0 Å². The predicted octanol–water partition coefficient (Wildman–Crippen LogP) is 7.46. The standard InChI is InChI=1S/C40H48O6/c1-3-21-43-37-29-11-5-12-30(37)26-34-16-8-18-36(40(34)46-24-10-20-42)28-32-14-6-13-31(38(32)44-22-4-2)27-35-17-7-15-33(25-29)39(35)45-23-9-19-41/h5-8,11-18,41-42H,3-4,9-10,19-28H2,1-2H3. The van der Waals surface area contributed by atoms with E-state index in [0.717, 1.165) is 80.3 Å². The third kappa shape index (κ3) is 8.23. The molecule has 4 aromatic rings. The van der Waals surface area contributed by atoms with Crippen molar-refractivity contribution in [2.45, 2.75) is 65.2 Å². The van der Waals surface area contributed by atoms with Crippen LogP contribution in [0.25, 0.3) is 0 Å². The van der Waals surface area contributed by atoms with Gasteiger partial charge in [0.2, 0.25) is 0 Å². The first-order valence-electron chi connectivity index (χ1n) is 16.8. The summed E-state index contributed by atoms with van der Waals surface area (Å²) in [6.45, 7) is 6.54. The molecule has 0 fully saturated rings. The first-order chi connectivity index (χ1) is 22.7. The van der Waals surface area contributed by atoms with Crippen LogP contribution in [0.4, 0.5) is 0 Å². The summed E-state index contributed by atoms with van der Waals surface area (Å²) in [6, 6.07) is 25.6. The highest BCUT2D eigenvalue weighted by atomic mass is 16.5. The van der Waals surface area contributed by atoms with E-state index in [9.17, 15) is 10.2 Å². The molecule has 1 aliphatic carbocycles. The molecule has 1 aliphatic rings. The van der Waals surface area contributed by atoms with Gasteiger partial charge in [-0.15, -0.1) is 0 Å². The Bertz CT molecular complexity index is 1360. The summed E-state index contributed by atoms with van der Waals surface area (Å²) in [6.07, 6.45) is 5.53. The number of aliphatic hydroxyl groups is 2. The predicted molar refractivity (Wildman–Crippen MR) is 183 cm³/mol. The van der Waals surface area contributed by atoms with Gasteiger partial charge in [-0.2, -0.15) is 0 Å². The molecule has 6 heteroatoms. The van der Waals surface area contributed by atoms with Gasteiger partial charge in [-0.3, -0.25) is 0 Å². The summed E-state index contributed by atoms with van der Waals surface area (Å²) in [5.74, 6) is 3.56. The van der Waals surface area contributed by atoms with Gasteiger partial charge in [0.1, 0.15) is 23.0 Å². The van der Waals surface area contributed by atoms with E-state index in [0.29, 0.717) is 65.0 Å². The van der Waals surface area contributed by atoms with Crippen LogP contribution in [0.2, 0.25) is 0 Å². The van der Waals surface area contributed by atoms with Gasteiger partial charge in [0.25, 0.3) is 0 Å². The zero-order valence-corrected chi connectivity index (χ0v) is 27.4. The molecular formula is C40H48O6. The van der Waals surface area contributed by atoms with Crippen molar-refractivity contribution in [1.29, 1.82) is 0 Å². The molecule has 5 rings (SSSR count). The lowest BCUT2D eigenvalue weighted by molar-refractivity contribution is 0.231. The molecule has 0 amide bonds. The zero-order chi connectivity index (χ0) is 32.1. The van der Waals surface area contributed by atoms with Crippen LogP contribution < -0.4 is 18.9 Å². The molecule has 0 aliphatic heterocycles. The van der Waals surface area contributed by atoms with E-state index in [-0.39, 0.29) is 13.2 Å². The molecule has 0 heterocycles. The molecule has 0 aromatic heterocycles. The molecule has 2 N–H and O–H groups in total. The lowest BCUT2D eigenvalue weighted by Crippen LogP contribution is -2.10. The van der Waals surface area contributed by atoms with E-state index in [2.05, 4.69) is 86.6 Å². The van der Waals surface area contributed by atoms with E-state index < -0.39 is 0 Å². The molecule has 244 valence electrons. The first kappa shape index (κ1) is 33.4. The van der Waals surface area contributed by atoms with E-state index in [1.165, 1.54) is 0 Å². The highest BCUT2D eigenvalue weighted by molar-refractivity contribution is 5.56. The van der Waals surface area contributed by atoms with Crippen LogP contribution in [0.15, 0.2) is 72.8 Å². The number of fused-ring (bicyclic) bond motifs is 8. The van der Waals surface area contributed by atoms with E-state index >= 15 is 0 Å². The average Bonchev–Trinajstić information content (AvgIpc) is 3.06. The normalized spacial score (nSPS) is 12.4. The Hall–Kier alpha value is -4.00. The maximum absolute atomic E-state index is 9.54. The second kappa shape index (κ2) is 17.1. The number of rotatable bonds is 14. The third-order valence-electron chi connectivity index (χ3n) is 8.23. The van der Waals surface area contributed by atoms with Crippen LogP contribution in [0, 0.1) is 0 Å². The molecule has 6 nitrogen and oxygen atoms in total. The highest BCUT2D eigenvalue weighted by Gasteiger charge is 2.21. The monoisotopic (exact) mass is 624 g/mol. The van der Waals surface area contributed by atoms with Gasteiger partial charge < -0.3 is 29.2 Å². The largest absolute Gasteiger partial charge is 0.493 e. The smallest absolute Gasteiger partial charge is 0.126 e. The Morgan fingerprint density at radius 1 is 0.413 bits per heavy atom. The van der Waals surface area contributed by atoms with E-state index in [1.54, 1.807) is 0 Å². The minimum Gasteiger partial charge on any atom is -0.493 e. The highest BCUT2D eigenvalue weighted by Crippen LogP contribution is 2.39. The van der Waals surface area contributed by atoms with Crippen LogP contribution in [0.1, 0.15) is 84.0 Å². The van der Waals surface area contributed by atoms with Gasteiger partial charge in [-0.05, 0) is 57.3 Å². The summed E-state index contributed by atoms with van der Waals surface area (Å²) >= 11 is 0. The maximum atomic E-state index is 9.54. The number of aliphatic hydroxyl groups excluding tert-OH is 2. The molecule has 0 atom stereocenters. The third-order valence-corrected chi connectivity index (χ3v) is 8.23. The fraction of sp³-hybridized carbons (Fsp3) is 0.400. The SMILES string of the molecule is CCCOc1c2cccc1Cc1cccc(c1OCCCO)Cc1cccc(c1OCCC)Cc1cccc(c1OCCCO)C2. The fourth-order valence-corrected chi connectivity index (χ4v) is 6.11. The topological polar surface area (TPSA) is 77.4 Å². The number of ether oxygens (including phenoxy) is 4. The quantitative estimate of drug-likeness (QED) is 0.125. The van der Waals surface area contributed by atoms with Crippen LogP contribution in [0.5, 0.6) is 23.0 Å². The van der Waals surface area contributed by atoms with Crippen molar-refractivity contribution in [3.05, 3.63) is 117 Å². The van der Waals surface area contributed by atoms with Gasteiger partial charge in [-0.1, -0.05) is 86.6 Å². The van der Waals surface area contributed by atoms with Crippen LogP contribution >= 0.6 is 0 Å². The maximum Gasteiger partial charge on any atom is 0.126 e. The second-order valence-corrected chi connectivity index (χ2v) is 11.9. The lowest BCUT2D eigenvalue weighted by atomic mass is 9.91. The van der Waals surface area contributed by atoms with Crippen LogP contribution in [-0.2, 0) is 25.7 Å². The Labute approximate surface area is 273 Å². The van der Waals surface area contributed by atoms with Crippen molar-refractivity contribution in [2.24, 2.45) is 0 Å². The summed E-state index contributed by atoms with van der Waals surface area (Å²) in [5, 5.41) is 19.1. The Morgan fingerprint density at radius 2 is 0.652 bits per heavy atom. The van der Waals surface area contributed by atoms with Gasteiger partial charge in [0.05, 0.1) is 26.4 Å². The minimum atomic E-state index is 0.0808. The van der Waals surface area contributed by atoms with Gasteiger partial charge in [-0.25, -0.2) is 0 Å². The lowest BCUT2D eigenvalue weighted by Gasteiger charge is -2.22. The molecule has 0 spiro atoms. The molecule has 8 bridgehead atoms. The van der Waals surface area contributed by atoms with Crippen molar-refractivity contribution in [1.82, 2.24) is 0 Å². The summed E-state index contributed by atoms with van der Waals surface area (Å²) in [4.78, 5) is 0. The second-order valence-electron chi connectivity index (χ2n) is 11.9. The van der Waals surface area contributed by atoms with Crippen LogP contribution in [0.3, 0.4) is 0 Å². The molecule has 46 heavy (non-hydrogen) atoms. The minimum absolute atomic E-state index is 0.0808. The zero-order valence-electron chi connectivity index (χ0n) is 27.4. The summed E-state index contributed by atoms with van der Waals surface area (Å²) < 4.78 is 25.9. The van der Waals surface area contributed by atoms with Crippen molar-refractivity contribution in [2.75, 3.05) is 39.6 Å². The van der Waals surface area contributed by atoms with Crippen LogP contribution in [-0.4, -0.2) is 49.9 Å². The van der Waals surface area contributed by atoms with Crippen molar-refractivity contribution in [3.8, 4) is 23.0 Å². The number of benzene rings is 4. The van der Waals surface area contributed by atoms with Crippen molar-refractivity contribution in [3.63, 3.8) is 0 Å². The molecule has 0 saturated carbocycles. The molecule has 0 unspecified atom stereocenters. The summed E-state index contributed by atoms with van der Waals surface area (Å²) in [5.41, 5.74) is 8.77. The Balaban J connectivity index is 1.72. The van der Waals surface area contributed by atoms with E-state index in [4.69, 9.17) is 18.9 Å². The van der Waals surface area contributed by atoms with Crippen molar-refractivity contribution < 1.29 is 29.2 Å².